The van der Waals surface area contributed by atoms with Crippen LogP contribution in [0.5, 0.6) is 0 Å². The predicted octanol–water partition coefficient (Wildman–Crippen LogP) is 2.89. The standard InChI is InChI=1S/C10H18OS/c1-12-8-7-10(9-11)5-3-2-4-6-10/h9H,2-8H2,1H3. The highest BCUT2D eigenvalue weighted by Crippen LogP contribution is 2.37. The fourth-order valence-corrected chi connectivity index (χ4v) is 2.60. The maximum Gasteiger partial charge on any atom is 0.126 e. The molecule has 1 aliphatic carbocycles. The molecule has 2 heteroatoms. The average molecular weight is 186 g/mol. The molecular weight excluding hydrogens is 168 g/mol. The second kappa shape index (κ2) is 4.90. The Labute approximate surface area is 79.3 Å². The molecule has 0 aromatic heterocycles. The Hall–Kier alpha value is 0.0200. The Morgan fingerprint density at radius 3 is 2.50 bits per heavy atom. The van der Waals surface area contributed by atoms with E-state index in [4.69, 9.17) is 0 Å². The normalized spacial score (nSPS) is 22.1. The van der Waals surface area contributed by atoms with Gasteiger partial charge in [-0.3, -0.25) is 0 Å². The van der Waals surface area contributed by atoms with Gasteiger partial charge in [0.1, 0.15) is 6.29 Å². The van der Waals surface area contributed by atoms with Crippen molar-refractivity contribution in [2.24, 2.45) is 5.41 Å². The van der Waals surface area contributed by atoms with Crippen LogP contribution in [-0.4, -0.2) is 18.3 Å². The van der Waals surface area contributed by atoms with E-state index in [1.165, 1.54) is 25.5 Å². The van der Waals surface area contributed by atoms with Crippen LogP contribution in [0.15, 0.2) is 0 Å². The molecule has 1 nitrogen and oxygen atoms in total. The Morgan fingerprint density at radius 2 is 2.00 bits per heavy atom. The van der Waals surface area contributed by atoms with E-state index in [1.807, 2.05) is 11.8 Å². The number of carbonyl (C=O) groups is 1. The highest BCUT2D eigenvalue weighted by molar-refractivity contribution is 7.98. The Kier molecular flexibility index (Phi) is 4.13. The van der Waals surface area contributed by atoms with Gasteiger partial charge in [-0.25, -0.2) is 0 Å². The summed E-state index contributed by atoms with van der Waals surface area (Å²) in [6, 6.07) is 0. The molecule has 1 rings (SSSR count). The van der Waals surface area contributed by atoms with E-state index in [0.717, 1.165) is 25.0 Å². The average Bonchev–Trinajstić information content (AvgIpc) is 2.16. The molecule has 0 radical (unpaired) electrons. The molecule has 0 heterocycles. The molecule has 0 N–H and O–H groups in total. The first kappa shape index (κ1) is 10.1. The fourth-order valence-electron chi connectivity index (χ4n) is 1.99. The molecule has 0 unspecified atom stereocenters. The maximum absolute atomic E-state index is 11.0. The minimum Gasteiger partial charge on any atom is -0.303 e. The van der Waals surface area contributed by atoms with Crippen LogP contribution < -0.4 is 0 Å². The third kappa shape index (κ3) is 2.51. The Bertz CT molecular complexity index is 139. The molecule has 0 atom stereocenters. The van der Waals surface area contributed by atoms with E-state index in [0.29, 0.717) is 0 Å². The van der Waals surface area contributed by atoms with Crippen LogP contribution in [0.1, 0.15) is 38.5 Å². The molecule has 0 aromatic rings. The van der Waals surface area contributed by atoms with Crippen LogP contribution in [0.4, 0.5) is 0 Å². The highest BCUT2D eigenvalue weighted by Gasteiger charge is 2.30. The van der Waals surface area contributed by atoms with E-state index in [1.54, 1.807) is 0 Å². The van der Waals surface area contributed by atoms with Gasteiger partial charge in [0.2, 0.25) is 0 Å². The summed E-state index contributed by atoms with van der Waals surface area (Å²) in [5, 5.41) is 0. The highest BCUT2D eigenvalue weighted by atomic mass is 32.2. The molecule has 12 heavy (non-hydrogen) atoms. The zero-order valence-corrected chi connectivity index (χ0v) is 8.66. The summed E-state index contributed by atoms with van der Waals surface area (Å²) >= 11 is 1.85. The van der Waals surface area contributed by atoms with Crippen molar-refractivity contribution in [3.8, 4) is 0 Å². The van der Waals surface area contributed by atoms with Gasteiger partial charge in [-0.2, -0.15) is 11.8 Å². The minimum absolute atomic E-state index is 0.0707. The Balaban J connectivity index is 2.42. The molecule has 0 aromatic carbocycles. The summed E-state index contributed by atoms with van der Waals surface area (Å²) in [6.45, 7) is 0. The molecule has 0 spiro atoms. The summed E-state index contributed by atoms with van der Waals surface area (Å²) in [4.78, 5) is 11.0. The lowest BCUT2D eigenvalue weighted by Crippen LogP contribution is -2.26. The number of carbonyl (C=O) groups excluding carboxylic acids is 1. The second-order valence-electron chi connectivity index (χ2n) is 3.78. The summed E-state index contributed by atoms with van der Waals surface area (Å²) in [5.74, 6) is 1.14. The van der Waals surface area contributed by atoms with E-state index < -0.39 is 0 Å². The fraction of sp³-hybridized carbons (Fsp3) is 0.900. The molecule has 0 saturated heterocycles. The van der Waals surface area contributed by atoms with Crippen LogP contribution in [0, 0.1) is 5.41 Å². The molecule has 70 valence electrons. The van der Waals surface area contributed by atoms with E-state index in [9.17, 15) is 4.79 Å². The van der Waals surface area contributed by atoms with Crippen molar-refractivity contribution < 1.29 is 4.79 Å². The van der Waals surface area contributed by atoms with E-state index in [-0.39, 0.29) is 5.41 Å². The molecule has 0 amide bonds. The number of aldehydes is 1. The number of rotatable bonds is 4. The number of hydrogen-bond acceptors (Lipinski definition) is 2. The summed E-state index contributed by atoms with van der Waals surface area (Å²) in [6.07, 6.45) is 10.5. The third-order valence-corrected chi connectivity index (χ3v) is 3.52. The van der Waals surface area contributed by atoms with Crippen LogP contribution >= 0.6 is 11.8 Å². The van der Waals surface area contributed by atoms with Gasteiger partial charge in [0, 0.05) is 5.41 Å². The predicted molar refractivity (Wildman–Crippen MR) is 54.6 cm³/mol. The topological polar surface area (TPSA) is 17.1 Å². The molecule has 1 fully saturated rings. The summed E-state index contributed by atoms with van der Waals surface area (Å²) < 4.78 is 0. The largest absolute Gasteiger partial charge is 0.303 e. The van der Waals surface area contributed by atoms with E-state index >= 15 is 0 Å². The van der Waals surface area contributed by atoms with E-state index in [2.05, 4.69) is 6.26 Å². The van der Waals surface area contributed by atoms with Gasteiger partial charge in [0.15, 0.2) is 0 Å². The maximum atomic E-state index is 11.0. The zero-order valence-electron chi connectivity index (χ0n) is 7.84. The van der Waals surface area contributed by atoms with Crippen LogP contribution in [0.2, 0.25) is 0 Å². The lowest BCUT2D eigenvalue weighted by molar-refractivity contribution is -0.117. The molecule has 1 saturated carbocycles. The Morgan fingerprint density at radius 1 is 1.33 bits per heavy atom. The molecule has 1 aliphatic rings. The van der Waals surface area contributed by atoms with Crippen molar-refractivity contribution in [3.05, 3.63) is 0 Å². The van der Waals surface area contributed by atoms with Gasteiger partial charge in [0.05, 0.1) is 0 Å². The monoisotopic (exact) mass is 186 g/mol. The number of thioether (sulfide) groups is 1. The molecule has 0 bridgehead atoms. The lowest BCUT2D eigenvalue weighted by atomic mass is 9.73. The minimum atomic E-state index is 0.0707. The first-order valence-corrected chi connectivity index (χ1v) is 6.18. The quantitative estimate of drug-likeness (QED) is 0.628. The SMILES string of the molecule is CSCCC1(C=O)CCCCC1. The van der Waals surface area contributed by atoms with Gasteiger partial charge in [0.25, 0.3) is 0 Å². The summed E-state index contributed by atoms with van der Waals surface area (Å²) in [5.41, 5.74) is 0.0707. The third-order valence-electron chi connectivity index (χ3n) is 2.90. The van der Waals surface area contributed by atoms with Gasteiger partial charge in [-0.15, -0.1) is 0 Å². The van der Waals surface area contributed by atoms with Crippen molar-refractivity contribution in [2.45, 2.75) is 38.5 Å². The van der Waals surface area contributed by atoms with Crippen molar-refractivity contribution in [1.82, 2.24) is 0 Å². The lowest BCUT2D eigenvalue weighted by Gasteiger charge is -2.31. The second-order valence-corrected chi connectivity index (χ2v) is 4.77. The van der Waals surface area contributed by atoms with Gasteiger partial charge >= 0.3 is 0 Å². The van der Waals surface area contributed by atoms with Gasteiger partial charge < -0.3 is 4.79 Å². The first-order valence-electron chi connectivity index (χ1n) is 4.78. The van der Waals surface area contributed by atoms with Crippen molar-refractivity contribution in [3.63, 3.8) is 0 Å². The summed E-state index contributed by atoms with van der Waals surface area (Å²) in [7, 11) is 0. The molecule has 0 aliphatic heterocycles. The van der Waals surface area contributed by atoms with Crippen LogP contribution in [0.3, 0.4) is 0 Å². The smallest absolute Gasteiger partial charge is 0.126 e. The van der Waals surface area contributed by atoms with Crippen molar-refractivity contribution in [2.75, 3.05) is 12.0 Å². The van der Waals surface area contributed by atoms with Crippen molar-refractivity contribution in [1.29, 1.82) is 0 Å². The van der Waals surface area contributed by atoms with Crippen LogP contribution in [0.25, 0.3) is 0 Å². The zero-order chi connectivity index (χ0) is 8.86. The number of hydrogen-bond donors (Lipinski definition) is 0. The van der Waals surface area contributed by atoms with Crippen molar-refractivity contribution >= 4 is 18.0 Å². The van der Waals surface area contributed by atoms with Crippen LogP contribution in [-0.2, 0) is 4.79 Å². The van der Waals surface area contributed by atoms with Gasteiger partial charge in [-0.05, 0) is 31.3 Å². The molecular formula is C10H18OS. The van der Waals surface area contributed by atoms with Gasteiger partial charge in [-0.1, -0.05) is 19.3 Å². The first-order chi connectivity index (χ1) is 5.83.